The Morgan fingerprint density at radius 3 is 3.12 bits per heavy atom. The Kier molecular flexibility index (Phi) is 3.51. The van der Waals surface area contributed by atoms with Crippen molar-refractivity contribution in [1.29, 1.82) is 0 Å². The minimum atomic E-state index is -0.0429. The summed E-state index contributed by atoms with van der Waals surface area (Å²) >= 11 is 5.79. The summed E-state index contributed by atoms with van der Waals surface area (Å²) in [4.78, 5) is 13.9. The van der Waals surface area contributed by atoms with Crippen LogP contribution in [0.3, 0.4) is 0 Å². The molecule has 1 amide bonds. The van der Waals surface area contributed by atoms with Crippen LogP contribution >= 0.6 is 11.6 Å². The maximum atomic E-state index is 12.1. The molecule has 1 aromatic rings. The molecule has 0 bridgehead atoms. The topological polar surface area (TPSA) is 45.5 Å². The number of hydrogen-bond donors (Lipinski definition) is 1. The monoisotopic (exact) mass is 242 g/mol. The quantitative estimate of drug-likeness (QED) is 0.860. The third-order valence-electron chi connectivity index (χ3n) is 2.97. The molecule has 1 aliphatic rings. The van der Waals surface area contributed by atoms with Gasteiger partial charge in [0, 0.05) is 19.1 Å². The fourth-order valence-corrected chi connectivity index (χ4v) is 2.21. The number of nitrogens with zero attached hydrogens (tertiary/aromatic N) is 1. The number of halogens is 1. The molecule has 1 aromatic heterocycles. The minimum Gasteiger partial charge on any atom is -0.452 e. The Labute approximate surface area is 99.5 Å². The van der Waals surface area contributed by atoms with E-state index in [1.54, 1.807) is 6.07 Å². The van der Waals surface area contributed by atoms with Gasteiger partial charge in [0.2, 0.25) is 5.22 Å². The molecule has 0 saturated carbocycles. The van der Waals surface area contributed by atoms with Gasteiger partial charge in [0.1, 0.15) is 0 Å². The van der Waals surface area contributed by atoms with Crippen molar-refractivity contribution in [2.24, 2.45) is 0 Å². The van der Waals surface area contributed by atoms with Crippen LogP contribution in [-0.2, 0) is 0 Å². The van der Waals surface area contributed by atoms with Crippen molar-refractivity contribution in [1.82, 2.24) is 10.2 Å². The lowest BCUT2D eigenvalue weighted by molar-refractivity contribution is 0.0697. The summed E-state index contributed by atoms with van der Waals surface area (Å²) in [5, 5.41) is 3.38. The standard InChI is InChI=1S/C11H15ClN2O2/c1-13-8-3-2-5-14(7-8)11(15)9-4-6-16-10(9)12/h4,6,8,13H,2-3,5,7H2,1H3. The van der Waals surface area contributed by atoms with Crippen LogP contribution in [0.5, 0.6) is 0 Å². The molecule has 1 unspecified atom stereocenters. The third-order valence-corrected chi connectivity index (χ3v) is 3.26. The molecular weight excluding hydrogens is 228 g/mol. The molecule has 0 spiro atoms. The molecule has 88 valence electrons. The number of likely N-dealkylation sites (tertiary alicyclic amines) is 1. The molecule has 0 radical (unpaired) electrons. The lowest BCUT2D eigenvalue weighted by atomic mass is 10.1. The summed E-state index contributed by atoms with van der Waals surface area (Å²) in [5.41, 5.74) is 0.457. The number of likely N-dealkylation sites (N-methyl/N-ethyl adjacent to an activating group) is 1. The Bertz CT molecular complexity index is 378. The summed E-state index contributed by atoms with van der Waals surface area (Å²) in [6.45, 7) is 1.52. The number of carbonyl (C=O) groups excluding carboxylic acids is 1. The number of carbonyl (C=O) groups is 1. The minimum absolute atomic E-state index is 0.0429. The molecule has 1 saturated heterocycles. The van der Waals surface area contributed by atoms with E-state index in [1.807, 2.05) is 11.9 Å². The average molecular weight is 243 g/mol. The molecule has 1 aliphatic heterocycles. The predicted molar refractivity (Wildman–Crippen MR) is 61.7 cm³/mol. The van der Waals surface area contributed by atoms with Crippen LogP contribution in [0, 0.1) is 0 Å². The zero-order chi connectivity index (χ0) is 11.5. The molecule has 0 aromatic carbocycles. The molecule has 1 fully saturated rings. The highest BCUT2D eigenvalue weighted by molar-refractivity contribution is 6.32. The molecule has 16 heavy (non-hydrogen) atoms. The van der Waals surface area contributed by atoms with Crippen molar-refractivity contribution in [3.05, 3.63) is 23.1 Å². The van der Waals surface area contributed by atoms with E-state index in [2.05, 4.69) is 5.32 Å². The summed E-state index contributed by atoms with van der Waals surface area (Å²) in [5.74, 6) is -0.0429. The summed E-state index contributed by atoms with van der Waals surface area (Å²) in [7, 11) is 1.92. The van der Waals surface area contributed by atoms with E-state index in [-0.39, 0.29) is 11.1 Å². The van der Waals surface area contributed by atoms with E-state index < -0.39 is 0 Å². The van der Waals surface area contributed by atoms with Gasteiger partial charge in [-0.3, -0.25) is 4.79 Å². The van der Waals surface area contributed by atoms with Gasteiger partial charge >= 0.3 is 0 Å². The molecule has 4 nitrogen and oxygen atoms in total. The Morgan fingerprint density at radius 2 is 2.50 bits per heavy atom. The Morgan fingerprint density at radius 1 is 1.69 bits per heavy atom. The van der Waals surface area contributed by atoms with E-state index in [1.165, 1.54) is 6.26 Å². The van der Waals surface area contributed by atoms with Gasteiger partial charge in [0.15, 0.2) is 0 Å². The van der Waals surface area contributed by atoms with Gasteiger partial charge in [-0.15, -0.1) is 0 Å². The summed E-state index contributed by atoms with van der Waals surface area (Å²) < 4.78 is 4.93. The third kappa shape index (κ3) is 2.23. The molecule has 2 rings (SSSR count). The Hall–Kier alpha value is -1.00. The van der Waals surface area contributed by atoms with Crippen LogP contribution in [0.15, 0.2) is 16.7 Å². The van der Waals surface area contributed by atoms with Crippen LogP contribution < -0.4 is 5.32 Å². The van der Waals surface area contributed by atoms with Crippen molar-refractivity contribution in [3.8, 4) is 0 Å². The number of nitrogens with one attached hydrogen (secondary N) is 1. The number of furan rings is 1. The number of rotatable bonds is 2. The van der Waals surface area contributed by atoms with E-state index in [0.29, 0.717) is 11.6 Å². The van der Waals surface area contributed by atoms with Crippen LogP contribution in [0.4, 0.5) is 0 Å². The second-order valence-electron chi connectivity index (χ2n) is 3.99. The molecule has 1 atom stereocenters. The van der Waals surface area contributed by atoms with Gasteiger partial charge in [-0.2, -0.15) is 0 Å². The van der Waals surface area contributed by atoms with Crippen molar-refractivity contribution in [2.75, 3.05) is 20.1 Å². The van der Waals surface area contributed by atoms with Crippen LogP contribution in [-0.4, -0.2) is 37.0 Å². The summed E-state index contributed by atoms with van der Waals surface area (Å²) in [6, 6.07) is 2.00. The maximum absolute atomic E-state index is 12.1. The maximum Gasteiger partial charge on any atom is 0.258 e. The van der Waals surface area contributed by atoms with E-state index in [0.717, 1.165) is 25.9 Å². The van der Waals surface area contributed by atoms with Gasteiger partial charge in [-0.05, 0) is 37.6 Å². The first kappa shape index (κ1) is 11.5. The highest BCUT2D eigenvalue weighted by Gasteiger charge is 2.25. The van der Waals surface area contributed by atoms with Crippen LogP contribution in [0.25, 0.3) is 0 Å². The second kappa shape index (κ2) is 4.89. The first-order chi connectivity index (χ1) is 7.72. The van der Waals surface area contributed by atoms with Crippen LogP contribution in [0.2, 0.25) is 5.22 Å². The number of amides is 1. The van der Waals surface area contributed by atoms with Gasteiger partial charge in [-0.1, -0.05) is 0 Å². The van der Waals surface area contributed by atoms with Crippen molar-refractivity contribution < 1.29 is 9.21 Å². The molecule has 5 heteroatoms. The van der Waals surface area contributed by atoms with E-state index in [4.69, 9.17) is 16.0 Å². The lowest BCUT2D eigenvalue weighted by Gasteiger charge is -2.32. The summed E-state index contributed by atoms with van der Waals surface area (Å²) in [6.07, 6.45) is 3.57. The first-order valence-electron chi connectivity index (χ1n) is 5.42. The van der Waals surface area contributed by atoms with E-state index in [9.17, 15) is 4.79 Å². The largest absolute Gasteiger partial charge is 0.452 e. The molecule has 0 aliphatic carbocycles. The number of piperidine rings is 1. The normalized spacial score (nSPS) is 21.1. The van der Waals surface area contributed by atoms with Crippen molar-refractivity contribution >= 4 is 17.5 Å². The fourth-order valence-electron chi connectivity index (χ4n) is 2.01. The zero-order valence-electron chi connectivity index (χ0n) is 9.20. The van der Waals surface area contributed by atoms with Gasteiger partial charge in [-0.25, -0.2) is 0 Å². The lowest BCUT2D eigenvalue weighted by Crippen LogP contribution is -2.46. The fraction of sp³-hybridized carbons (Fsp3) is 0.545. The second-order valence-corrected chi connectivity index (χ2v) is 4.33. The van der Waals surface area contributed by atoms with Gasteiger partial charge in [0.05, 0.1) is 11.8 Å². The Balaban J connectivity index is 2.07. The smallest absolute Gasteiger partial charge is 0.258 e. The van der Waals surface area contributed by atoms with Crippen molar-refractivity contribution in [3.63, 3.8) is 0 Å². The molecule has 2 heterocycles. The first-order valence-corrected chi connectivity index (χ1v) is 5.79. The zero-order valence-corrected chi connectivity index (χ0v) is 9.96. The predicted octanol–water partition coefficient (Wildman–Crippen LogP) is 1.76. The van der Waals surface area contributed by atoms with Crippen molar-refractivity contribution in [2.45, 2.75) is 18.9 Å². The van der Waals surface area contributed by atoms with Gasteiger partial charge in [0.25, 0.3) is 5.91 Å². The van der Waals surface area contributed by atoms with Gasteiger partial charge < -0.3 is 14.6 Å². The van der Waals surface area contributed by atoms with E-state index >= 15 is 0 Å². The molecule has 1 N–H and O–H groups in total. The SMILES string of the molecule is CNC1CCCN(C(=O)c2ccoc2Cl)C1. The highest BCUT2D eigenvalue weighted by Crippen LogP contribution is 2.20. The number of hydrogen-bond acceptors (Lipinski definition) is 3. The average Bonchev–Trinajstić information content (AvgIpc) is 2.74. The highest BCUT2D eigenvalue weighted by atomic mass is 35.5. The van der Waals surface area contributed by atoms with Crippen LogP contribution in [0.1, 0.15) is 23.2 Å². The molecular formula is C11H15ClN2O2.